The summed E-state index contributed by atoms with van der Waals surface area (Å²) in [5.41, 5.74) is 1.83. The van der Waals surface area contributed by atoms with Gasteiger partial charge in [0.2, 0.25) is 5.91 Å². The molecule has 3 N–H and O–H groups in total. The molecule has 0 spiro atoms. The van der Waals surface area contributed by atoms with Crippen LogP contribution in [0.5, 0.6) is 5.75 Å². The lowest BCUT2D eigenvalue weighted by Crippen LogP contribution is -2.39. The molecule has 0 aliphatic carbocycles. The summed E-state index contributed by atoms with van der Waals surface area (Å²) in [6, 6.07) is 17.3. The van der Waals surface area contributed by atoms with E-state index >= 15 is 0 Å². The molecule has 0 radical (unpaired) electrons. The van der Waals surface area contributed by atoms with Crippen LogP contribution in [0.3, 0.4) is 0 Å². The monoisotopic (exact) mass is 354 g/mol. The van der Waals surface area contributed by atoms with Crippen LogP contribution in [-0.4, -0.2) is 30.6 Å². The summed E-state index contributed by atoms with van der Waals surface area (Å²) in [7, 11) is 0. The van der Waals surface area contributed by atoms with Gasteiger partial charge in [-0.15, -0.1) is 0 Å². The van der Waals surface area contributed by atoms with Crippen LogP contribution in [0.25, 0.3) is 0 Å². The average Bonchev–Trinajstić information content (AvgIpc) is 2.72. The minimum absolute atomic E-state index is 0.0297. The minimum Gasteiger partial charge on any atom is -0.489 e. The molecule has 0 bridgehead atoms. The molecule has 1 fully saturated rings. The molecule has 1 amide bonds. The van der Waals surface area contributed by atoms with E-state index in [9.17, 15) is 9.90 Å². The Balaban J connectivity index is 1.50. The first-order chi connectivity index (χ1) is 12.7. The summed E-state index contributed by atoms with van der Waals surface area (Å²) in [5, 5.41) is 16.5. The molecule has 1 saturated heterocycles. The summed E-state index contributed by atoms with van der Waals surface area (Å²) in [4.78, 5) is 12.2. The van der Waals surface area contributed by atoms with Crippen molar-refractivity contribution >= 4 is 5.91 Å². The Morgan fingerprint density at radius 3 is 2.69 bits per heavy atom. The molecular formula is C21H26N2O3. The van der Waals surface area contributed by atoms with E-state index in [0.717, 1.165) is 37.1 Å². The van der Waals surface area contributed by atoms with E-state index < -0.39 is 6.10 Å². The van der Waals surface area contributed by atoms with Crippen molar-refractivity contribution in [3.05, 3.63) is 65.7 Å². The molecule has 138 valence electrons. The number of amides is 1. The highest BCUT2D eigenvalue weighted by molar-refractivity contribution is 5.78. The summed E-state index contributed by atoms with van der Waals surface area (Å²) in [6.07, 6.45) is 0.955. The molecule has 5 nitrogen and oxygen atoms in total. The molecule has 1 aliphatic heterocycles. The van der Waals surface area contributed by atoms with Gasteiger partial charge in [-0.2, -0.15) is 0 Å². The molecule has 0 saturated carbocycles. The predicted molar refractivity (Wildman–Crippen MR) is 101 cm³/mol. The number of rotatable bonds is 7. The van der Waals surface area contributed by atoms with Gasteiger partial charge < -0.3 is 20.5 Å². The maximum atomic E-state index is 12.2. The Morgan fingerprint density at radius 1 is 1.15 bits per heavy atom. The van der Waals surface area contributed by atoms with E-state index in [-0.39, 0.29) is 18.4 Å². The van der Waals surface area contributed by atoms with E-state index in [1.54, 1.807) is 0 Å². The SMILES string of the molecule is O=C(NCC(O)c1cccc(OCc2ccccc2)c1)C1CCNCC1. The Kier molecular flexibility index (Phi) is 6.63. The highest BCUT2D eigenvalue weighted by Crippen LogP contribution is 2.20. The zero-order chi connectivity index (χ0) is 18.2. The zero-order valence-electron chi connectivity index (χ0n) is 14.9. The second-order valence-corrected chi connectivity index (χ2v) is 6.63. The van der Waals surface area contributed by atoms with Crippen LogP contribution in [-0.2, 0) is 11.4 Å². The third-order valence-corrected chi connectivity index (χ3v) is 4.67. The minimum atomic E-state index is -0.749. The maximum absolute atomic E-state index is 12.2. The van der Waals surface area contributed by atoms with Crippen molar-refractivity contribution in [1.82, 2.24) is 10.6 Å². The quantitative estimate of drug-likeness (QED) is 0.714. The van der Waals surface area contributed by atoms with Crippen molar-refractivity contribution in [1.29, 1.82) is 0 Å². The predicted octanol–water partition coefficient (Wildman–Crippen LogP) is 2.41. The van der Waals surface area contributed by atoms with E-state index in [1.165, 1.54) is 0 Å². The number of piperidine rings is 1. The first kappa shape index (κ1) is 18.4. The third-order valence-electron chi connectivity index (χ3n) is 4.67. The molecule has 2 aromatic rings. The molecule has 1 unspecified atom stereocenters. The molecular weight excluding hydrogens is 328 g/mol. The van der Waals surface area contributed by atoms with Gasteiger partial charge in [0.25, 0.3) is 0 Å². The zero-order valence-corrected chi connectivity index (χ0v) is 14.9. The summed E-state index contributed by atoms with van der Waals surface area (Å²) >= 11 is 0. The number of hydrogen-bond acceptors (Lipinski definition) is 4. The molecule has 26 heavy (non-hydrogen) atoms. The Morgan fingerprint density at radius 2 is 1.92 bits per heavy atom. The summed E-state index contributed by atoms with van der Waals surface area (Å²) in [5.74, 6) is 0.779. The molecule has 5 heteroatoms. The van der Waals surface area contributed by atoms with Crippen molar-refractivity contribution in [3.8, 4) is 5.75 Å². The fourth-order valence-electron chi connectivity index (χ4n) is 3.10. The largest absolute Gasteiger partial charge is 0.489 e. The van der Waals surface area contributed by atoms with E-state index in [2.05, 4.69) is 10.6 Å². The smallest absolute Gasteiger partial charge is 0.223 e. The third kappa shape index (κ3) is 5.31. The number of carbonyl (C=O) groups is 1. The molecule has 1 aliphatic rings. The van der Waals surface area contributed by atoms with Gasteiger partial charge >= 0.3 is 0 Å². The van der Waals surface area contributed by atoms with Crippen molar-refractivity contribution in [2.24, 2.45) is 5.92 Å². The standard InChI is InChI=1S/C21H26N2O3/c24-20(14-23-21(25)17-9-11-22-12-10-17)18-7-4-8-19(13-18)26-15-16-5-2-1-3-6-16/h1-8,13,17,20,22,24H,9-12,14-15H2,(H,23,25). The summed E-state index contributed by atoms with van der Waals surface area (Å²) in [6.45, 7) is 2.45. The Labute approximate surface area is 154 Å². The Hall–Kier alpha value is -2.37. The number of aliphatic hydroxyl groups excluding tert-OH is 1. The van der Waals surface area contributed by atoms with Crippen LogP contribution >= 0.6 is 0 Å². The lowest BCUT2D eigenvalue weighted by molar-refractivity contribution is -0.126. The molecule has 0 aromatic heterocycles. The first-order valence-corrected chi connectivity index (χ1v) is 9.15. The highest BCUT2D eigenvalue weighted by Gasteiger charge is 2.21. The highest BCUT2D eigenvalue weighted by atomic mass is 16.5. The fourth-order valence-corrected chi connectivity index (χ4v) is 3.10. The number of benzene rings is 2. The van der Waals surface area contributed by atoms with Gasteiger partial charge in [-0.1, -0.05) is 42.5 Å². The van der Waals surface area contributed by atoms with Crippen LogP contribution in [0.2, 0.25) is 0 Å². The first-order valence-electron chi connectivity index (χ1n) is 9.15. The molecule has 1 atom stereocenters. The van der Waals surface area contributed by atoms with Crippen LogP contribution in [0, 0.1) is 5.92 Å². The van der Waals surface area contributed by atoms with Gasteiger partial charge in [-0.05, 0) is 49.2 Å². The topological polar surface area (TPSA) is 70.6 Å². The van der Waals surface area contributed by atoms with E-state index in [4.69, 9.17) is 4.74 Å². The van der Waals surface area contributed by atoms with Crippen molar-refractivity contribution in [2.45, 2.75) is 25.6 Å². The second kappa shape index (κ2) is 9.36. The van der Waals surface area contributed by atoms with Crippen molar-refractivity contribution < 1.29 is 14.6 Å². The van der Waals surface area contributed by atoms with Gasteiger partial charge in [-0.3, -0.25) is 4.79 Å². The number of nitrogens with one attached hydrogen (secondary N) is 2. The lowest BCUT2D eigenvalue weighted by atomic mass is 9.97. The Bertz CT molecular complexity index is 699. The molecule has 2 aromatic carbocycles. The lowest BCUT2D eigenvalue weighted by Gasteiger charge is -2.22. The number of carbonyl (C=O) groups excluding carboxylic acids is 1. The van der Waals surface area contributed by atoms with E-state index in [0.29, 0.717) is 12.4 Å². The number of ether oxygens (including phenoxy) is 1. The number of hydrogen-bond donors (Lipinski definition) is 3. The number of aliphatic hydroxyl groups is 1. The van der Waals surface area contributed by atoms with Gasteiger partial charge in [0.15, 0.2) is 0 Å². The molecule has 3 rings (SSSR count). The van der Waals surface area contributed by atoms with Crippen LogP contribution < -0.4 is 15.4 Å². The van der Waals surface area contributed by atoms with Gasteiger partial charge in [0, 0.05) is 12.5 Å². The van der Waals surface area contributed by atoms with Gasteiger partial charge in [0.1, 0.15) is 12.4 Å². The van der Waals surface area contributed by atoms with Gasteiger partial charge in [-0.25, -0.2) is 0 Å². The summed E-state index contributed by atoms with van der Waals surface area (Å²) < 4.78 is 5.80. The molecule has 1 heterocycles. The van der Waals surface area contributed by atoms with Crippen LogP contribution in [0.4, 0.5) is 0 Å². The van der Waals surface area contributed by atoms with Crippen molar-refractivity contribution in [2.75, 3.05) is 19.6 Å². The van der Waals surface area contributed by atoms with Crippen molar-refractivity contribution in [3.63, 3.8) is 0 Å². The maximum Gasteiger partial charge on any atom is 0.223 e. The van der Waals surface area contributed by atoms with Gasteiger partial charge in [0.05, 0.1) is 6.10 Å². The van der Waals surface area contributed by atoms with Crippen LogP contribution in [0.15, 0.2) is 54.6 Å². The normalized spacial score (nSPS) is 16.0. The fraction of sp³-hybridized carbons (Fsp3) is 0.381. The second-order valence-electron chi connectivity index (χ2n) is 6.63. The van der Waals surface area contributed by atoms with E-state index in [1.807, 2.05) is 54.6 Å². The average molecular weight is 354 g/mol. The van der Waals surface area contributed by atoms with Crippen LogP contribution in [0.1, 0.15) is 30.1 Å².